The minimum Gasteiger partial charge on any atom is -0.345 e. The molecule has 0 N–H and O–H groups in total. The Morgan fingerprint density at radius 2 is 1.50 bits per heavy atom. The third-order valence-corrected chi connectivity index (χ3v) is 2.90. The number of benzene rings is 2. The highest BCUT2D eigenvalue weighted by atomic mass is 16.2. The zero-order chi connectivity index (χ0) is 14.5. The first-order valence-corrected chi connectivity index (χ1v) is 6.09. The van der Waals surface area contributed by atoms with Crippen LogP contribution in [0.4, 0.5) is 5.69 Å². The molecule has 2 aromatic carbocycles. The lowest BCUT2D eigenvalue weighted by atomic mass is 10.0. The summed E-state index contributed by atoms with van der Waals surface area (Å²) in [4.78, 5) is 16.1. The molecule has 1 amide bonds. The Kier molecular flexibility index (Phi) is 4.03. The van der Waals surface area contributed by atoms with Crippen molar-refractivity contribution < 1.29 is 4.79 Å². The quantitative estimate of drug-likeness (QED) is 0.470. The van der Waals surface area contributed by atoms with Gasteiger partial charge in [0.15, 0.2) is 0 Å². The lowest BCUT2D eigenvalue weighted by molar-refractivity contribution is 0.0827. The van der Waals surface area contributed by atoms with Crippen molar-refractivity contribution in [3.63, 3.8) is 0 Å². The van der Waals surface area contributed by atoms with Crippen molar-refractivity contribution in [2.75, 3.05) is 14.1 Å². The second kappa shape index (κ2) is 5.91. The molecule has 20 heavy (non-hydrogen) atoms. The normalized spacial score (nSPS) is 9.70. The van der Waals surface area contributed by atoms with Gasteiger partial charge in [-0.05, 0) is 28.8 Å². The van der Waals surface area contributed by atoms with Crippen LogP contribution in [-0.4, -0.2) is 24.9 Å². The molecular formula is C15H14N4O. The lowest BCUT2D eigenvalue weighted by Crippen LogP contribution is -2.21. The average molecular weight is 266 g/mol. The Hall–Kier alpha value is -2.78. The maximum absolute atomic E-state index is 11.8. The summed E-state index contributed by atoms with van der Waals surface area (Å²) in [5.74, 6) is -0.0183. The summed E-state index contributed by atoms with van der Waals surface area (Å²) in [6, 6.07) is 14.7. The van der Waals surface area contributed by atoms with Crippen LogP contribution >= 0.6 is 0 Å². The topological polar surface area (TPSA) is 69.1 Å². The first-order chi connectivity index (χ1) is 9.61. The van der Waals surface area contributed by atoms with Crippen molar-refractivity contribution in [3.8, 4) is 11.1 Å². The van der Waals surface area contributed by atoms with Crippen molar-refractivity contribution in [3.05, 3.63) is 64.5 Å². The van der Waals surface area contributed by atoms with Crippen LogP contribution in [0.25, 0.3) is 21.6 Å². The Morgan fingerprint density at radius 3 is 1.95 bits per heavy atom. The molecule has 0 spiro atoms. The molecule has 0 aliphatic heterocycles. The molecule has 0 aliphatic rings. The standard InChI is InChI=1S/C15H14N4O/c1-19(2)15(20)13-5-3-11(4-6-13)12-7-9-14(10-8-12)17-18-16/h3-10H,1-2H3. The van der Waals surface area contributed by atoms with E-state index >= 15 is 0 Å². The minimum atomic E-state index is -0.0183. The summed E-state index contributed by atoms with van der Waals surface area (Å²) in [6.45, 7) is 0. The van der Waals surface area contributed by atoms with Crippen LogP contribution < -0.4 is 0 Å². The number of rotatable bonds is 3. The van der Waals surface area contributed by atoms with Crippen molar-refractivity contribution in [2.24, 2.45) is 5.11 Å². The molecular weight excluding hydrogens is 252 g/mol. The summed E-state index contributed by atoms with van der Waals surface area (Å²) < 4.78 is 0. The van der Waals surface area contributed by atoms with E-state index in [1.807, 2.05) is 24.3 Å². The number of hydrogen-bond acceptors (Lipinski definition) is 2. The minimum absolute atomic E-state index is 0.0183. The maximum Gasteiger partial charge on any atom is 0.253 e. The van der Waals surface area contributed by atoms with Crippen LogP contribution in [0.2, 0.25) is 0 Å². The van der Waals surface area contributed by atoms with Gasteiger partial charge in [0.05, 0.1) is 0 Å². The predicted octanol–water partition coefficient (Wildman–Crippen LogP) is 4.00. The average Bonchev–Trinajstić information content (AvgIpc) is 2.48. The molecule has 0 unspecified atom stereocenters. The predicted molar refractivity (Wildman–Crippen MR) is 78.7 cm³/mol. The SMILES string of the molecule is CN(C)C(=O)c1ccc(-c2ccc(N=[N+]=[N-])cc2)cc1. The van der Waals surface area contributed by atoms with Gasteiger partial charge >= 0.3 is 0 Å². The third kappa shape index (κ3) is 2.96. The molecule has 0 atom stereocenters. The maximum atomic E-state index is 11.8. The molecule has 0 radical (unpaired) electrons. The third-order valence-electron chi connectivity index (χ3n) is 2.90. The van der Waals surface area contributed by atoms with Gasteiger partial charge in [0.2, 0.25) is 0 Å². The number of carbonyl (C=O) groups excluding carboxylic acids is 1. The Balaban J connectivity index is 2.25. The van der Waals surface area contributed by atoms with Gasteiger partial charge in [-0.1, -0.05) is 41.5 Å². The van der Waals surface area contributed by atoms with E-state index in [0.717, 1.165) is 11.1 Å². The van der Waals surface area contributed by atoms with Crippen molar-refractivity contribution in [1.29, 1.82) is 0 Å². The van der Waals surface area contributed by atoms with Crippen molar-refractivity contribution >= 4 is 11.6 Å². The molecule has 0 saturated heterocycles. The van der Waals surface area contributed by atoms with Crippen LogP contribution in [0.1, 0.15) is 10.4 Å². The van der Waals surface area contributed by atoms with Crippen LogP contribution in [0.3, 0.4) is 0 Å². The summed E-state index contributed by atoms with van der Waals surface area (Å²) in [5, 5.41) is 3.53. The van der Waals surface area contributed by atoms with Crippen LogP contribution in [0.5, 0.6) is 0 Å². The van der Waals surface area contributed by atoms with Crippen LogP contribution in [-0.2, 0) is 0 Å². The van der Waals surface area contributed by atoms with Gasteiger partial charge in [-0.3, -0.25) is 4.79 Å². The highest BCUT2D eigenvalue weighted by Gasteiger charge is 2.07. The molecule has 0 heterocycles. The van der Waals surface area contributed by atoms with E-state index < -0.39 is 0 Å². The second-order valence-corrected chi connectivity index (χ2v) is 4.51. The van der Waals surface area contributed by atoms with E-state index in [4.69, 9.17) is 5.53 Å². The van der Waals surface area contributed by atoms with Gasteiger partial charge in [0, 0.05) is 30.3 Å². The number of hydrogen-bond donors (Lipinski definition) is 0. The fraction of sp³-hybridized carbons (Fsp3) is 0.133. The second-order valence-electron chi connectivity index (χ2n) is 4.51. The van der Waals surface area contributed by atoms with Crippen molar-refractivity contribution in [1.82, 2.24) is 4.90 Å². The molecule has 100 valence electrons. The number of nitrogens with zero attached hydrogens (tertiary/aromatic N) is 4. The van der Waals surface area contributed by atoms with E-state index in [2.05, 4.69) is 10.0 Å². The molecule has 0 aliphatic carbocycles. The number of amides is 1. The highest BCUT2D eigenvalue weighted by Crippen LogP contribution is 2.23. The van der Waals surface area contributed by atoms with E-state index in [9.17, 15) is 4.79 Å². The van der Waals surface area contributed by atoms with Gasteiger partial charge in [-0.15, -0.1) is 0 Å². The van der Waals surface area contributed by atoms with Crippen molar-refractivity contribution in [2.45, 2.75) is 0 Å². The molecule has 0 bridgehead atoms. The fourth-order valence-electron chi connectivity index (χ4n) is 1.84. The number of azide groups is 1. The summed E-state index contributed by atoms with van der Waals surface area (Å²) >= 11 is 0. The fourth-order valence-corrected chi connectivity index (χ4v) is 1.84. The van der Waals surface area contributed by atoms with Crippen LogP contribution in [0, 0.1) is 0 Å². The van der Waals surface area contributed by atoms with E-state index in [1.54, 1.807) is 43.3 Å². The first-order valence-electron chi connectivity index (χ1n) is 6.09. The lowest BCUT2D eigenvalue weighted by Gasteiger charge is -2.10. The smallest absolute Gasteiger partial charge is 0.253 e. The van der Waals surface area contributed by atoms with Crippen LogP contribution in [0.15, 0.2) is 53.6 Å². The van der Waals surface area contributed by atoms with Gasteiger partial charge < -0.3 is 4.90 Å². The molecule has 0 aromatic heterocycles. The number of carbonyl (C=O) groups is 1. The molecule has 0 saturated carbocycles. The van der Waals surface area contributed by atoms with E-state index in [1.165, 1.54) is 0 Å². The largest absolute Gasteiger partial charge is 0.345 e. The Bertz CT molecular complexity index is 653. The van der Waals surface area contributed by atoms with Gasteiger partial charge in [-0.25, -0.2) is 0 Å². The zero-order valence-electron chi connectivity index (χ0n) is 11.3. The summed E-state index contributed by atoms with van der Waals surface area (Å²) in [5.41, 5.74) is 11.6. The monoisotopic (exact) mass is 266 g/mol. The Labute approximate surface area is 117 Å². The molecule has 5 heteroatoms. The molecule has 0 fully saturated rings. The molecule has 2 aromatic rings. The summed E-state index contributed by atoms with van der Waals surface area (Å²) in [7, 11) is 3.45. The Morgan fingerprint density at radius 1 is 1.00 bits per heavy atom. The summed E-state index contributed by atoms with van der Waals surface area (Å²) in [6.07, 6.45) is 0. The van der Waals surface area contributed by atoms with E-state index in [-0.39, 0.29) is 5.91 Å². The van der Waals surface area contributed by atoms with Gasteiger partial charge in [-0.2, -0.15) is 0 Å². The van der Waals surface area contributed by atoms with E-state index in [0.29, 0.717) is 11.3 Å². The van der Waals surface area contributed by atoms with Gasteiger partial charge in [0.1, 0.15) is 0 Å². The van der Waals surface area contributed by atoms with Gasteiger partial charge in [0.25, 0.3) is 5.91 Å². The molecule has 2 rings (SSSR count). The zero-order valence-corrected chi connectivity index (χ0v) is 11.3. The first kappa shape index (κ1) is 13.6. The molecule has 5 nitrogen and oxygen atoms in total. The highest BCUT2D eigenvalue weighted by molar-refractivity contribution is 5.94.